The lowest BCUT2D eigenvalue weighted by molar-refractivity contribution is 0.112. The molecule has 0 aliphatic carbocycles. The van der Waals surface area contributed by atoms with Crippen molar-refractivity contribution in [1.82, 2.24) is 0 Å². The second-order valence-corrected chi connectivity index (χ2v) is 7.69. The summed E-state index contributed by atoms with van der Waals surface area (Å²) in [5, 5.41) is 0. The summed E-state index contributed by atoms with van der Waals surface area (Å²) in [6, 6.07) is 12.2. The van der Waals surface area contributed by atoms with Crippen molar-refractivity contribution < 1.29 is 4.79 Å². The van der Waals surface area contributed by atoms with Crippen LogP contribution in [0.5, 0.6) is 0 Å². The quantitative estimate of drug-likeness (QED) is 0.513. The molecule has 0 aliphatic rings. The Balaban J connectivity index is 1.96. The van der Waals surface area contributed by atoms with Crippen LogP contribution in [0.3, 0.4) is 0 Å². The standard InChI is InChI=1S/C13H8OS4/c14-7-8-1-2-9(16-8)10-3-4-11(17-10)12-5-6-13(15)18-12/h1-7,15H. The summed E-state index contributed by atoms with van der Waals surface area (Å²) in [6.45, 7) is 0. The lowest BCUT2D eigenvalue weighted by Gasteiger charge is -1.90. The van der Waals surface area contributed by atoms with E-state index in [9.17, 15) is 4.79 Å². The molecule has 0 aliphatic heterocycles. The smallest absolute Gasteiger partial charge is 0.160 e. The summed E-state index contributed by atoms with van der Waals surface area (Å²) >= 11 is 9.29. The minimum absolute atomic E-state index is 0.772. The van der Waals surface area contributed by atoms with E-state index in [1.165, 1.54) is 26.0 Å². The lowest BCUT2D eigenvalue weighted by atomic mass is 10.3. The first-order chi connectivity index (χ1) is 8.76. The summed E-state index contributed by atoms with van der Waals surface area (Å²) in [7, 11) is 0. The van der Waals surface area contributed by atoms with Crippen molar-refractivity contribution in [3.05, 3.63) is 41.3 Å². The molecule has 1 nitrogen and oxygen atoms in total. The summed E-state index contributed by atoms with van der Waals surface area (Å²) in [5.74, 6) is 0. The third kappa shape index (κ3) is 2.31. The summed E-state index contributed by atoms with van der Waals surface area (Å²) in [6.07, 6.45) is 0.898. The summed E-state index contributed by atoms with van der Waals surface area (Å²) < 4.78 is 1.03. The van der Waals surface area contributed by atoms with Gasteiger partial charge in [-0.15, -0.1) is 46.6 Å². The number of thiol groups is 1. The predicted octanol–water partition coefficient (Wildman–Crippen LogP) is 5.31. The van der Waals surface area contributed by atoms with Gasteiger partial charge in [0.15, 0.2) is 6.29 Å². The Labute approximate surface area is 122 Å². The largest absolute Gasteiger partial charge is 0.297 e. The molecule has 90 valence electrons. The second-order valence-electron chi connectivity index (χ2n) is 3.62. The molecule has 0 saturated heterocycles. The fourth-order valence-corrected chi connectivity index (χ4v) is 4.74. The highest BCUT2D eigenvalue weighted by atomic mass is 32.2. The van der Waals surface area contributed by atoms with Crippen LogP contribution in [-0.4, -0.2) is 6.29 Å². The molecule has 0 saturated carbocycles. The molecule has 18 heavy (non-hydrogen) atoms. The Hall–Kier alpha value is -0.880. The molecule has 3 heterocycles. The van der Waals surface area contributed by atoms with Crippen LogP contribution in [0.4, 0.5) is 0 Å². The van der Waals surface area contributed by atoms with Crippen molar-refractivity contribution in [2.24, 2.45) is 0 Å². The first-order valence-corrected chi connectivity index (χ1v) is 8.10. The fourth-order valence-electron chi connectivity index (χ4n) is 1.61. The molecule has 3 aromatic rings. The molecule has 5 heteroatoms. The van der Waals surface area contributed by atoms with Gasteiger partial charge in [0.05, 0.1) is 9.09 Å². The first-order valence-electron chi connectivity index (χ1n) is 5.20. The molecule has 0 N–H and O–H groups in total. The number of carbonyl (C=O) groups excluding carboxylic acids is 1. The number of thiophene rings is 3. The number of carbonyl (C=O) groups is 1. The van der Waals surface area contributed by atoms with Crippen molar-refractivity contribution in [1.29, 1.82) is 0 Å². The number of hydrogen-bond donors (Lipinski definition) is 1. The minimum Gasteiger partial charge on any atom is -0.297 e. The monoisotopic (exact) mass is 308 g/mol. The topological polar surface area (TPSA) is 17.1 Å². The van der Waals surface area contributed by atoms with E-state index in [1.807, 2.05) is 18.2 Å². The average Bonchev–Trinajstić information content (AvgIpc) is 3.07. The minimum atomic E-state index is 0.772. The average molecular weight is 308 g/mol. The van der Waals surface area contributed by atoms with E-state index in [1.54, 1.807) is 22.7 Å². The Morgan fingerprint density at radius 3 is 1.89 bits per heavy atom. The molecule has 3 aromatic heterocycles. The van der Waals surface area contributed by atoms with E-state index in [4.69, 9.17) is 0 Å². The van der Waals surface area contributed by atoms with Gasteiger partial charge >= 0.3 is 0 Å². The molecule has 0 radical (unpaired) electrons. The molecule has 0 unspecified atom stereocenters. The van der Waals surface area contributed by atoms with E-state index >= 15 is 0 Å². The number of hydrogen-bond acceptors (Lipinski definition) is 5. The van der Waals surface area contributed by atoms with Crippen molar-refractivity contribution >= 4 is 52.9 Å². The number of aldehydes is 1. The Morgan fingerprint density at radius 2 is 1.33 bits per heavy atom. The molecule has 0 amide bonds. The first kappa shape index (κ1) is 12.2. The third-order valence-electron chi connectivity index (χ3n) is 2.43. The van der Waals surface area contributed by atoms with Gasteiger partial charge in [0.1, 0.15) is 0 Å². The second kappa shape index (κ2) is 5.01. The van der Waals surface area contributed by atoms with Gasteiger partial charge in [-0.1, -0.05) is 0 Å². The van der Waals surface area contributed by atoms with E-state index in [-0.39, 0.29) is 0 Å². The highest BCUT2D eigenvalue weighted by Crippen LogP contribution is 2.40. The molecule has 0 fully saturated rings. The van der Waals surface area contributed by atoms with Gasteiger partial charge in [-0.05, 0) is 36.4 Å². The molecular formula is C13H8OS4. The molecule has 0 spiro atoms. The van der Waals surface area contributed by atoms with Crippen LogP contribution in [-0.2, 0) is 0 Å². The van der Waals surface area contributed by atoms with Crippen molar-refractivity contribution in [2.45, 2.75) is 4.21 Å². The van der Waals surface area contributed by atoms with E-state index < -0.39 is 0 Å². The zero-order valence-corrected chi connectivity index (χ0v) is 12.5. The van der Waals surface area contributed by atoms with Crippen molar-refractivity contribution in [3.63, 3.8) is 0 Å². The van der Waals surface area contributed by atoms with Crippen LogP contribution < -0.4 is 0 Å². The summed E-state index contributed by atoms with van der Waals surface area (Å²) in [5.41, 5.74) is 0. The van der Waals surface area contributed by atoms with Gasteiger partial charge < -0.3 is 0 Å². The van der Waals surface area contributed by atoms with Crippen LogP contribution in [0.1, 0.15) is 9.67 Å². The molecule has 0 atom stereocenters. The van der Waals surface area contributed by atoms with E-state index in [0.29, 0.717) is 0 Å². The van der Waals surface area contributed by atoms with Crippen LogP contribution in [0.15, 0.2) is 40.6 Å². The van der Waals surface area contributed by atoms with E-state index in [2.05, 4.69) is 30.8 Å². The van der Waals surface area contributed by atoms with Gasteiger partial charge in [-0.3, -0.25) is 4.79 Å². The highest BCUT2D eigenvalue weighted by molar-refractivity contribution is 7.83. The molecular weight excluding hydrogens is 300 g/mol. The highest BCUT2D eigenvalue weighted by Gasteiger charge is 2.08. The third-order valence-corrected chi connectivity index (χ3v) is 6.22. The maximum Gasteiger partial charge on any atom is 0.160 e. The Morgan fingerprint density at radius 1 is 0.778 bits per heavy atom. The van der Waals surface area contributed by atoms with Crippen molar-refractivity contribution in [2.75, 3.05) is 0 Å². The van der Waals surface area contributed by atoms with Crippen LogP contribution in [0.2, 0.25) is 0 Å². The van der Waals surface area contributed by atoms with Gasteiger partial charge in [0.25, 0.3) is 0 Å². The molecule has 0 bridgehead atoms. The maximum absolute atomic E-state index is 10.7. The Bertz CT molecular complexity index is 689. The lowest BCUT2D eigenvalue weighted by Crippen LogP contribution is -1.62. The zero-order chi connectivity index (χ0) is 12.5. The van der Waals surface area contributed by atoms with Crippen LogP contribution >= 0.6 is 46.6 Å². The maximum atomic E-state index is 10.7. The fraction of sp³-hybridized carbons (Fsp3) is 0. The Kier molecular flexibility index (Phi) is 3.39. The summed E-state index contributed by atoms with van der Waals surface area (Å²) in [4.78, 5) is 16.3. The van der Waals surface area contributed by atoms with Crippen molar-refractivity contribution in [3.8, 4) is 19.5 Å². The van der Waals surface area contributed by atoms with Crippen LogP contribution in [0.25, 0.3) is 19.5 Å². The SMILES string of the molecule is O=Cc1ccc(-c2ccc(-c3ccc(S)s3)s2)s1. The zero-order valence-electron chi connectivity index (χ0n) is 9.12. The normalized spacial score (nSPS) is 10.7. The van der Waals surface area contributed by atoms with Gasteiger partial charge in [0.2, 0.25) is 0 Å². The molecule has 3 rings (SSSR count). The van der Waals surface area contributed by atoms with Gasteiger partial charge in [-0.2, -0.15) is 0 Å². The van der Waals surface area contributed by atoms with Crippen LogP contribution in [0, 0.1) is 0 Å². The predicted molar refractivity (Wildman–Crippen MR) is 83.6 cm³/mol. The molecule has 0 aromatic carbocycles. The van der Waals surface area contributed by atoms with E-state index in [0.717, 1.165) is 20.2 Å². The van der Waals surface area contributed by atoms with Gasteiger partial charge in [-0.25, -0.2) is 0 Å². The number of rotatable bonds is 3. The van der Waals surface area contributed by atoms with Gasteiger partial charge in [0, 0.05) is 19.5 Å².